The molecule has 2 fully saturated rings. The molecule has 0 bridgehead atoms. The molecule has 3 rings (SSSR count). The Labute approximate surface area is 115 Å². The molecule has 0 saturated carbocycles. The highest BCUT2D eigenvalue weighted by atomic mass is 16.7. The highest BCUT2D eigenvalue weighted by Crippen LogP contribution is 2.32. The van der Waals surface area contributed by atoms with E-state index in [4.69, 9.17) is 9.47 Å². The van der Waals surface area contributed by atoms with Gasteiger partial charge in [0.25, 0.3) is 0 Å². The van der Waals surface area contributed by atoms with Crippen molar-refractivity contribution in [3.63, 3.8) is 0 Å². The summed E-state index contributed by atoms with van der Waals surface area (Å²) in [6, 6.07) is 10.9. The molecule has 0 amide bonds. The van der Waals surface area contributed by atoms with Gasteiger partial charge < -0.3 is 9.47 Å². The van der Waals surface area contributed by atoms with Crippen LogP contribution >= 0.6 is 0 Å². The van der Waals surface area contributed by atoms with Crippen LogP contribution in [0.2, 0.25) is 0 Å². The first-order valence-electron chi connectivity index (χ1n) is 7.33. The number of hydrogen-bond donors (Lipinski definition) is 0. The van der Waals surface area contributed by atoms with E-state index >= 15 is 0 Å². The summed E-state index contributed by atoms with van der Waals surface area (Å²) >= 11 is 0. The Morgan fingerprint density at radius 1 is 1.16 bits per heavy atom. The van der Waals surface area contributed by atoms with Crippen LogP contribution in [0, 0.1) is 5.92 Å². The standard InChI is InChI=1S/C16H23NO2/c1-13-11-17(12-16-18-9-10-19-16)8-7-15(13)14-5-3-2-4-6-14/h2-6,13,15-16H,7-12H2,1H3/t13-,15-/m1/s1. The highest BCUT2D eigenvalue weighted by Gasteiger charge is 2.29. The maximum atomic E-state index is 5.54. The summed E-state index contributed by atoms with van der Waals surface area (Å²) in [5.74, 6) is 1.39. The predicted octanol–water partition coefficient (Wildman–Crippen LogP) is 2.48. The van der Waals surface area contributed by atoms with Crippen LogP contribution in [0.15, 0.2) is 30.3 Å². The van der Waals surface area contributed by atoms with E-state index < -0.39 is 0 Å². The van der Waals surface area contributed by atoms with Gasteiger partial charge in [-0.05, 0) is 30.4 Å². The fourth-order valence-corrected chi connectivity index (χ4v) is 3.32. The van der Waals surface area contributed by atoms with E-state index in [9.17, 15) is 0 Å². The molecule has 1 aromatic carbocycles. The zero-order valence-corrected chi connectivity index (χ0v) is 11.6. The van der Waals surface area contributed by atoms with Crippen molar-refractivity contribution in [2.75, 3.05) is 32.8 Å². The minimum Gasteiger partial charge on any atom is -0.349 e. The monoisotopic (exact) mass is 261 g/mol. The van der Waals surface area contributed by atoms with Gasteiger partial charge in [0.1, 0.15) is 0 Å². The zero-order valence-electron chi connectivity index (χ0n) is 11.6. The SMILES string of the molecule is C[C@@H]1CN(CC2OCCO2)CC[C@H]1c1ccccc1. The number of hydrogen-bond acceptors (Lipinski definition) is 3. The molecule has 0 spiro atoms. The summed E-state index contributed by atoms with van der Waals surface area (Å²) in [6.45, 7) is 7.07. The molecule has 0 unspecified atom stereocenters. The Morgan fingerprint density at radius 2 is 1.89 bits per heavy atom. The van der Waals surface area contributed by atoms with Gasteiger partial charge in [-0.2, -0.15) is 0 Å². The molecule has 2 aliphatic heterocycles. The molecule has 2 aliphatic rings. The van der Waals surface area contributed by atoms with Gasteiger partial charge in [0, 0.05) is 13.1 Å². The van der Waals surface area contributed by atoms with Crippen LogP contribution in [0.1, 0.15) is 24.8 Å². The minimum atomic E-state index is 0.000440. The van der Waals surface area contributed by atoms with Crippen molar-refractivity contribution < 1.29 is 9.47 Å². The van der Waals surface area contributed by atoms with Crippen LogP contribution in [-0.2, 0) is 9.47 Å². The Balaban J connectivity index is 1.56. The van der Waals surface area contributed by atoms with Gasteiger partial charge in [-0.3, -0.25) is 4.90 Å². The van der Waals surface area contributed by atoms with E-state index in [-0.39, 0.29) is 6.29 Å². The molecule has 3 heteroatoms. The molecule has 0 N–H and O–H groups in total. The number of ether oxygens (including phenoxy) is 2. The van der Waals surface area contributed by atoms with Crippen molar-refractivity contribution in [3.05, 3.63) is 35.9 Å². The summed E-state index contributed by atoms with van der Waals surface area (Å²) in [4.78, 5) is 2.49. The maximum absolute atomic E-state index is 5.54. The summed E-state index contributed by atoms with van der Waals surface area (Å²) in [6.07, 6.45) is 1.23. The molecular weight excluding hydrogens is 238 g/mol. The topological polar surface area (TPSA) is 21.7 Å². The van der Waals surface area contributed by atoms with Gasteiger partial charge in [0.15, 0.2) is 6.29 Å². The van der Waals surface area contributed by atoms with Crippen LogP contribution < -0.4 is 0 Å². The van der Waals surface area contributed by atoms with E-state index in [2.05, 4.69) is 42.2 Å². The van der Waals surface area contributed by atoms with Gasteiger partial charge in [0.2, 0.25) is 0 Å². The van der Waals surface area contributed by atoms with E-state index in [1.807, 2.05) is 0 Å². The van der Waals surface area contributed by atoms with Crippen molar-refractivity contribution in [2.45, 2.75) is 25.6 Å². The number of piperidine rings is 1. The van der Waals surface area contributed by atoms with Crippen LogP contribution in [0.4, 0.5) is 0 Å². The Hall–Kier alpha value is -0.900. The van der Waals surface area contributed by atoms with Crippen LogP contribution in [-0.4, -0.2) is 44.0 Å². The molecule has 0 aromatic heterocycles. The van der Waals surface area contributed by atoms with E-state index in [0.717, 1.165) is 32.8 Å². The van der Waals surface area contributed by atoms with Gasteiger partial charge in [0.05, 0.1) is 13.2 Å². The molecule has 3 nitrogen and oxygen atoms in total. The lowest BCUT2D eigenvalue weighted by Gasteiger charge is -2.37. The van der Waals surface area contributed by atoms with Gasteiger partial charge in [-0.25, -0.2) is 0 Å². The summed E-state index contributed by atoms with van der Waals surface area (Å²) in [5, 5.41) is 0. The minimum absolute atomic E-state index is 0.000440. The molecular formula is C16H23NO2. The summed E-state index contributed by atoms with van der Waals surface area (Å²) in [7, 11) is 0. The third kappa shape index (κ3) is 3.16. The smallest absolute Gasteiger partial charge is 0.170 e. The lowest BCUT2D eigenvalue weighted by molar-refractivity contribution is -0.0677. The van der Waals surface area contributed by atoms with Crippen molar-refractivity contribution in [1.82, 2.24) is 4.90 Å². The average molecular weight is 261 g/mol. The number of nitrogens with zero attached hydrogens (tertiary/aromatic N) is 1. The first kappa shape index (κ1) is 13.1. The molecule has 1 aromatic rings. The molecule has 104 valence electrons. The summed E-state index contributed by atoms with van der Waals surface area (Å²) < 4.78 is 11.1. The van der Waals surface area contributed by atoms with Gasteiger partial charge in [-0.1, -0.05) is 37.3 Å². The van der Waals surface area contributed by atoms with Crippen molar-refractivity contribution in [1.29, 1.82) is 0 Å². The average Bonchev–Trinajstić information content (AvgIpc) is 2.93. The van der Waals surface area contributed by atoms with Crippen LogP contribution in [0.3, 0.4) is 0 Å². The third-order valence-corrected chi connectivity index (χ3v) is 4.32. The van der Waals surface area contributed by atoms with Crippen molar-refractivity contribution in [2.24, 2.45) is 5.92 Å². The summed E-state index contributed by atoms with van der Waals surface area (Å²) in [5.41, 5.74) is 1.49. The van der Waals surface area contributed by atoms with Crippen molar-refractivity contribution in [3.8, 4) is 0 Å². The fourth-order valence-electron chi connectivity index (χ4n) is 3.32. The number of likely N-dealkylation sites (tertiary alicyclic amines) is 1. The predicted molar refractivity (Wildman–Crippen MR) is 75.1 cm³/mol. The quantitative estimate of drug-likeness (QED) is 0.834. The Morgan fingerprint density at radius 3 is 2.58 bits per heavy atom. The van der Waals surface area contributed by atoms with Crippen LogP contribution in [0.5, 0.6) is 0 Å². The third-order valence-electron chi connectivity index (χ3n) is 4.32. The molecule has 0 radical (unpaired) electrons. The van der Waals surface area contributed by atoms with Crippen LogP contribution in [0.25, 0.3) is 0 Å². The second-order valence-electron chi connectivity index (χ2n) is 5.71. The van der Waals surface area contributed by atoms with Gasteiger partial charge in [-0.15, -0.1) is 0 Å². The lowest BCUT2D eigenvalue weighted by atomic mass is 9.81. The first-order chi connectivity index (χ1) is 9.33. The van der Waals surface area contributed by atoms with Gasteiger partial charge >= 0.3 is 0 Å². The largest absolute Gasteiger partial charge is 0.349 e. The number of benzene rings is 1. The maximum Gasteiger partial charge on any atom is 0.170 e. The molecule has 2 heterocycles. The Kier molecular flexibility index (Phi) is 4.16. The second-order valence-corrected chi connectivity index (χ2v) is 5.71. The molecule has 0 aliphatic carbocycles. The zero-order chi connectivity index (χ0) is 13.1. The fraction of sp³-hybridized carbons (Fsp3) is 0.625. The molecule has 2 saturated heterocycles. The van der Waals surface area contributed by atoms with E-state index in [0.29, 0.717) is 11.8 Å². The first-order valence-corrected chi connectivity index (χ1v) is 7.33. The van der Waals surface area contributed by atoms with Crippen molar-refractivity contribution >= 4 is 0 Å². The highest BCUT2D eigenvalue weighted by molar-refractivity contribution is 5.20. The van der Waals surface area contributed by atoms with E-state index in [1.54, 1.807) is 0 Å². The second kappa shape index (κ2) is 6.04. The Bertz CT molecular complexity index is 389. The molecule has 19 heavy (non-hydrogen) atoms. The lowest BCUT2D eigenvalue weighted by Crippen LogP contribution is -2.42. The number of rotatable bonds is 3. The molecule has 2 atom stereocenters. The van der Waals surface area contributed by atoms with E-state index in [1.165, 1.54) is 12.0 Å². The normalized spacial score (nSPS) is 29.7.